The number of methoxy groups -OCH3 is 1. The molecule has 5 unspecified atom stereocenters. The molecule has 2 heterocycles. The van der Waals surface area contributed by atoms with Crippen LogP contribution in [0.15, 0.2) is 11.6 Å². The van der Waals surface area contributed by atoms with Crippen LogP contribution in [0.2, 0.25) is 0 Å². The lowest BCUT2D eigenvalue weighted by molar-refractivity contribution is -0.350. The van der Waals surface area contributed by atoms with Crippen LogP contribution in [-0.4, -0.2) is 164 Å². The lowest BCUT2D eigenvalue weighted by Crippen LogP contribution is -2.69. The van der Waals surface area contributed by atoms with E-state index >= 15 is 0 Å². The predicted molar refractivity (Wildman–Crippen MR) is 111 cm³/mol. The fraction of sp³-hybridized carbons (Fsp3) is 0.900. The van der Waals surface area contributed by atoms with Crippen LogP contribution < -0.4 is 5.32 Å². The highest BCUT2D eigenvalue weighted by molar-refractivity contribution is 5.22. The van der Waals surface area contributed by atoms with E-state index in [-0.39, 0.29) is 5.57 Å². The molecule has 11 N–H and O–H groups in total. The van der Waals surface area contributed by atoms with E-state index in [0.29, 0.717) is 0 Å². The topological polar surface area (TPSA) is 251 Å². The summed E-state index contributed by atoms with van der Waals surface area (Å²) in [6.45, 7) is -1.96. The van der Waals surface area contributed by atoms with Crippen molar-refractivity contribution < 1.29 is 70.0 Å². The second kappa shape index (κ2) is 12.1. The number of nitrogens with one attached hydrogen (secondary N) is 1. The van der Waals surface area contributed by atoms with Gasteiger partial charge in [-0.1, -0.05) is 6.08 Å². The average Bonchev–Trinajstić information content (AvgIpc) is 2.86. The molecule has 204 valence electrons. The third kappa shape index (κ3) is 5.69. The van der Waals surface area contributed by atoms with E-state index in [1.165, 1.54) is 13.2 Å². The Morgan fingerprint density at radius 2 is 1.37 bits per heavy atom. The van der Waals surface area contributed by atoms with Crippen molar-refractivity contribution in [3.05, 3.63) is 11.6 Å². The molecule has 0 aromatic carbocycles. The van der Waals surface area contributed by atoms with Gasteiger partial charge < -0.3 is 75.3 Å². The van der Waals surface area contributed by atoms with Gasteiger partial charge in [-0.2, -0.15) is 0 Å². The Hall–Kier alpha value is -0.860. The zero-order valence-corrected chi connectivity index (χ0v) is 18.9. The molecule has 0 radical (unpaired) electrons. The third-order valence-corrected chi connectivity index (χ3v) is 6.61. The van der Waals surface area contributed by atoms with Crippen LogP contribution in [-0.2, 0) is 18.9 Å². The number of ether oxygens (including phenoxy) is 4. The summed E-state index contributed by atoms with van der Waals surface area (Å²) in [6, 6.07) is -2.33. The number of aliphatic hydroxyl groups is 10. The molecule has 15 nitrogen and oxygen atoms in total. The summed E-state index contributed by atoms with van der Waals surface area (Å²) in [6.07, 6.45) is -16.9. The smallest absolute Gasteiger partial charge is 0.187 e. The van der Waals surface area contributed by atoms with Crippen molar-refractivity contribution in [3.63, 3.8) is 0 Å². The SMILES string of the molecule is COC1OC(CO)[C@@H](O[C@H]2OC(CO)[C@@H](N[C@H]3C=C(CO)[C@@H](O)[C@H](O)[C@H]3O)[C@H](O)C2O)[C@H](O)C1O. The summed E-state index contributed by atoms with van der Waals surface area (Å²) < 4.78 is 21.4. The molecule has 2 saturated heterocycles. The van der Waals surface area contributed by atoms with Crippen LogP contribution in [0.4, 0.5) is 0 Å². The van der Waals surface area contributed by atoms with Gasteiger partial charge in [0.2, 0.25) is 0 Å². The van der Waals surface area contributed by atoms with Crippen molar-refractivity contribution in [2.75, 3.05) is 26.9 Å². The largest absolute Gasteiger partial charge is 0.394 e. The minimum atomic E-state index is -1.78. The molecule has 3 rings (SSSR count). The maximum absolute atomic E-state index is 10.8. The number of aliphatic hydroxyl groups excluding tert-OH is 10. The second-order valence-corrected chi connectivity index (χ2v) is 8.79. The standard InChI is InChI=1S/C20H35NO14/c1-32-19-17(31)15(29)18(9(5-24)34-19)35-20-16(30)13(27)10(8(4-23)33-20)21-7-2-6(3-22)11(25)14(28)12(7)26/h2,7-31H,3-5H2,1H3/t7-,8?,9?,10+,11+,12-,13-,14-,15+,16?,17?,18+,19?,20+/m0/s1. The molecule has 2 aliphatic heterocycles. The van der Waals surface area contributed by atoms with Crippen LogP contribution in [0.3, 0.4) is 0 Å². The first kappa shape index (κ1) is 28.7. The van der Waals surface area contributed by atoms with Crippen molar-refractivity contribution >= 4 is 0 Å². The zero-order chi connectivity index (χ0) is 26.0. The Morgan fingerprint density at radius 1 is 0.771 bits per heavy atom. The third-order valence-electron chi connectivity index (χ3n) is 6.61. The fourth-order valence-corrected chi connectivity index (χ4v) is 4.54. The quantitative estimate of drug-likeness (QED) is 0.135. The van der Waals surface area contributed by atoms with Crippen LogP contribution >= 0.6 is 0 Å². The zero-order valence-electron chi connectivity index (χ0n) is 18.9. The highest BCUT2D eigenvalue weighted by Crippen LogP contribution is 2.30. The van der Waals surface area contributed by atoms with Gasteiger partial charge in [0.15, 0.2) is 12.6 Å². The molecule has 15 heteroatoms. The van der Waals surface area contributed by atoms with Gasteiger partial charge in [0.25, 0.3) is 0 Å². The van der Waals surface area contributed by atoms with E-state index in [1.54, 1.807) is 0 Å². The molecule has 2 fully saturated rings. The first-order valence-corrected chi connectivity index (χ1v) is 11.1. The lowest BCUT2D eigenvalue weighted by Gasteiger charge is -2.47. The van der Waals surface area contributed by atoms with Crippen molar-refractivity contribution in [1.82, 2.24) is 5.32 Å². The van der Waals surface area contributed by atoms with E-state index in [4.69, 9.17) is 18.9 Å². The Bertz CT molecular complexity index is 709. The predicted octanol–water partition coefficient (Wildman–Crippen LogP) is -6.76. The van der Waals surface area contributed by atoms with E-state index in [1.807, 2.05) is 0 Å². The molecule has 14 atom stereocenters. The minimum Gasteiger partial charge on any atom is -0.394 e. The average molecular weight is 513 g/mol. The Morgan fingerprint density at radius 3 is 1.94 bits per heavy atom. The van der Waals surface area contributed by atoms with E-state index < -0.39 is 106 Å². The van der Waals surface area contributed by atoms with Crippen LogP contribution in [0.1, 0.15) is 0 Å². The summed E-state index contributed by atoms with van der Waals surface area (Å²) >= 11 is 0. The maximum atomic E-state index is 10.8. The molecule has 0 bridgehead atoms. The van der Waals surface area contributed by atoms with Gasteiger partial charge in [0.05, 0.1) is 31.9 Å². The summed E-state index contributed by atoms with van der Waals surface area (Å²) in [4.78, 5) is 0. The van der Waals surface area contributed by atoms with Crippen molar-refractivity contribution in [2.45, 2.75) is 85.7 Å². The highest BCUT2D eigenvalue weighted by Gasteiger charge is 2.51. The molecule has 0 aromatic heterocycles. The first-order valence-electron chi connectivity index (χ1n) is 11.1. The molecule has 0 spiro atoms. The van der Waals surface area contributed by atoms with Crippen LogP contribution in [0, 0.1) is 0 Å². The Balaban J connectivity index is 1.75. The minimum absolute atomic E-state index is 0.0167. The summed E-state index contributed by atoms with van der Waals surface area (Å²) in [5.41, 5.74) is 0.0167. The molecule has 3 aliphatic rings. The fourth-order valence-electron chi connectivity index (χ4n) is 4.54. The van der Waals surface area contributed by atoms with Crippen molar-refractivity contribution in [3.8, 4) is 0 Å². The lowest BCUT2D eigenvalue weighted by atomic mass is 9.86. The van der Waals surface area contributed by atoms with Gasteiger partial charge in [-0.05, 0) is 5.57 Å². The second-order valence-electron chi connectivity index (χ2n) is 8.79. The van der Waals surface area contributed by atoms with E-state index in [9.17, 15) is 51.1 Å². The molecular formula is C20H35NO14. The molecule has 0 saturated carbocycles. The van der Waals surface area contributed by atoms with Gasteiger partial charge in [0, 0.05) is 7.11 Å². The Labute approximate surface area is 200 Å². The monoisotopic (exact) mass is 513 g/mol. The Kier molecular flexibility index (Phi) is 9.94. The molecular weight excluding hydrogens is 478 g/mol. The maximum Gasteiger partial charge on any atom is 0.187 e. The molecule has 1 aliphatic carbocycles. The van der Waals surface area contributed by atoms with Gasteiger partial charge >= 0.3 is 0 Å². The van der Waals surface area contributed by atoms with Gasteiger partial charge in [-0.15, -0.1) is 0 Å². The summed E-state index contributed by atoms with van der Waals surface area (Å²) in [5, 5.41) is 104. The molecule has 35 heavy (non-hydrogen) atoms. The number of hydrogen-bond acceptors (Lipinski definition) is 15. The number of hydrogen-bond donors (Lipinski definition) is 11. The summed E-state index contributed by atoms with van der Waals surface area (Å²) in [7, 11) is 1.22. The normalized spacial score (nSPS) is 49.1. The van der Waals surface area contributed by atoms with Crippen LogP contribution in [0.25, 0.3) is 0 Å². The number of rotatable bonds is 8. The van der Waals surface area contributed by atoms with Gasteiger partial charge in [-0.25, -0.2) is 0 Å². The molecule has 0 aromatic rings. The van der Waals surface area contributed by atoms with Crippen molar-refractivity contribution in [1.29, 1.82) is 0 Å². The highest BCUT2D eigenvalue weighted by atomic mass is 16.7. The van der Waals surface area contributed by atoms with Crippen LogP contribution in [0.5, 0.6) is 0 Å². The first-order chi connectivity index (χ1) is 16.6. The van der Waals surface area contributed by atoms with Gasteiger partial charge in [-0.3, -0.25) is 0 Å². The van der Waals surface area contributed by atoms with E-state index in [2.05, 4.69) is 5.32 Å². The molecule has 0 amide bonds. The van der Waals surface area contributed by atoms with E-state index in [0.717, 1.165) is 0 Å². The van der Waals surface area contributed by atoms with Gasteiger partial charge in [0.1, 0.15) is 61.0 Å². The van der Waals surface area contributed by atoms with Crippen molar-refractivity contribution in [2.24, 2.45) is 0 Å². The summed E-state index contributed by atoms with van der Waals surface area (Å²) in [5.74, 6) is 0.